The predicted octanol–water partition coefficient (Wildman–Crippen LogP) is 3.40. The average Bonchev–Trinajstić information content (AvgIpc) is 2.69. The number of hydrogen-bond acceptors (Lipinski definition) is 5. The summed E-state index contributed by atoms with van der Waals surface area (Å²) in [6.45, 7) is 3.97. The van der Waals surface area contributed by atoms with Crippen molar-refractivity contribution in [3.05, 3.63) is 47.9 Å². The van der Waals surface area contributed by atoms with Crippen molar-refractivity contribution < 1.29 is 9.84 Å². The summed E-state index contributed by atoms with van der Waals surface area (Å²) >= 11 is 0. The van der Waals surface area contributed by atoms with E-state index in [2.05, 4.69) is 45.2 Å². The lowest BCUT2D eigenvalue weighted by Gasteiger charge is -2.41. The van der Waals surface area contributed by atoms with Crippen LogP contribution < -0.4 is 9.64 Å². The van der Waals surface area contributed by atoms with E-state index >= 15 is 0 Å². The van der Waals surface area contributed by atoms with Gasteiger partial charge in [0, 0.05) is 19.7 Å². The average molecular weight is 355 g/mol. The fourth-order valence-electron chi connectivity index (χ4n) is 3.91. The largest absolute Gasteiger partial charge is 0.491 e. The van der Waals surface area contributed by atoms with Gasteiger partial charge in [-0.15, -0.1) is 0 Å². The Hall–Kier alpha value is -2.14. The van der Waals surface area contributed by atoms with E-state index in [0.717, 1.165) is 62.5 Å². The number of methoxy groups -OCH3 is 1. The van der Waals surface area contributed by atoms with Crippen molar-refractivity contribution in [3.8, 4) is 5.75 Å². The summed E-state index contributed by atoms with van der Waals surface area (Å²) in [5.41, 5.74) is 2.26. The maximum Gasteiger partial charge on any atom is 0.182 e. The smallest absolute Gasteiger partial charge is 0.182 e. The Kier molecular flexibility index (Phi) is 6.09. The van der Waals surface area contributed by atoms with Crippen LogP contribution in [0, 0.1) is 12.3 Å². The summed E-state index contributed by atoms with van der Waals surface area (Å²) in [6.07, 6.45) is 6.80. The zero-order valence-electron chi connectivity index (χ0n) is 15.8. The van der Waals surface area contributed by atoms with Gasteiger partial charge in [0.25, 0.3) is 0 Å². The monoisotopic (exact) mass is 355 g/mol. The Morgan fingerprint density at radius 1 is 1.15 bits per heavy atom. The second-order valence-electron chi connectivity index (χ2n) is 7.30. The summed E-state index contributed by atoms with van der Waals surface area (Å²) in [5, 5.41) is 10.1. The number of benzene rings is 1. The van der Waals surface area contributed by atoms with Gasteiger partial charge in [-0.1, -0.05) is 30.3 Å². The molecular formula is C21H29N3O2. The van der Waals surface area contributed by atoms with Crippen molar-refractivity contribution in [2.24, 2.45) is 5.41 Å². The SMILES string of the molecule is COc1c(C)ncnc1N1CCC(CO)(CCCc2ccccc2)CC1. The number of aryl methyl sites for hydroxylation is 2. The molecule has 0 amide bonds. The highest BCUT2D eigenvalue weighted by Crippen LogP contribution is 2.39. The van der Waals surface area contributed by atoms with Crippen molar-refractivity contribution in [1.29, 1.82) is 0 Å². The number of ether oxygens (including phenoxy) is 1. The molecule has 1 saturated heterocycles. The fraction of sp³-hybridized carbons (Fsp3) is 0.524. The van der Waals surface area contributed by atoms with Gasteiger partial charge in [0.05, 0.1) is 12.8 Å². The highest BCUT2D eigenvalue weighted by molar-refractivity contribution is 5.54. The number of piperidine rings is 1. The minimum atomic E-state index is 0.0284. The number of rotatable bonds is 7. The van der Waals surface area contributed by atoms with Crippen molar-refractivity contribution in [2.75, 3.05) is 31.7 Å². The predicted molar refractivity (Wildman–Crippen MR) is 104 cm³/mol. The Morgan fingerprint density at radius 3 is 2.54 bits per heavy atom. The molecule has 0 saturated carbocycles. The molecule has 3 rings (SSSR count). The van der Waals surface area contributed by atoms with E-state index in [-0.39, 0.29) is 12.0 Å². The van der Waals surface area contributed by atoms with Crippen LogP contribution in [0.4, 0.5) is 5.82 Å². The fourth-order valence-corrected chi connectivity index (χ4v) is 3.91. The second-order valence-corrected chi connectivity index (χ2v) is 7.30. The molecule has 1 N–H and O–H groups in total. The van der Waals surface area contributed by atoms with Crippen LogP contribution >= 0.6 is 0 Å². The molecule has 0 radical (unpaired) electrons. The summed E-state index contributed by atoms with van der Waals surface area (Å²) < 4.78 is 5.51. The topological polar surface area (TPSA) is 58.5 Å². The summed E-state index contributed by atoms with van der Waals surface area (Å²) in [5.74, 6) is 1.63. The van der Waals surface area contributed by atoms with E-state index in [4.69, 9.17) is 4.74 Å². The Labute approximate surface area is 156 Å². The molecule has 1 aliphatic rings. The molecule has 0 spiro atoms. The zero-order chi connectivity index (χ0) is 18.4. The molecule has 5 heteroatoms. The summed E-state index contributed by atoms with van der Waals surface area (Å²) in [4.78, 5) is 10.9. The van der Waals surface area contributed by atoms with Crippen LogP contribution in [-0.4, -0.2) is 41.9 Å². The van der Waals surface area contributed by atoms with Crippen molar-refractivity contribution in [3.63, 3.8) is 0 Å². The minimum absolute atomic E-state index is 0.0284. The first-order valence-electron chi connectivity index (χ1n) is 9.43. The Morgan fingerprint density at radius 2 is 1.88 bits per heavy atom. The first kappa shape index (κ1) is 18.6. The van der Waals surface area contributed by atoms with Gasteiger partial charge < -0.3 is 14.7 Å². The highest BCUT2D eigenvalue weighted by atomic mass is 16.5. The molecule has 0 unspecified atom stereocenters. The molecule has 5 nitrogen and oxygen atoms in total. The quantitative estimate of drug-likeness (QED) is 0.825. The molecule has 1 aliphatic heterocycles. The third-order valence-electron chi connectivity index (χ3n) is 5.64. The van der Waals surface area contributed by atoms with Crippen molar-refractivity contribution in [1.82, 2.24) is 9.97 Å². The third kappa shape index (κ3) is 4.15. The first-order valence-corrected chi connectivity index (χ1v) is 9.43. The van der Waals surface area contributed by atoms with Crippen LogP contribution in [0.5, 0.6) is 5.75 Å². The van der Waals surface area contributed by atoms with Crippen molar-refractivity contribution >= 4 is 5.82 Å². The molecule has 140 valence electrons. The molecule has 1 aromatic carbocycles. The van der Waals surface area contributed by atoms with Gasteiger partial charge in [0.15, 0.2) is 11.6 Å². The normalized spacial score (nSPS) is 16.5. The van der Waals surface area contributed by atoms with Crippen molar-refractivity contribution in [2.45, 2.75) is 39.0 Å². The number of anilines is 1. The third-order valence-corrected chi connectivity index (χ3v) is 5.64. The van der Waals surface area contributed by atoms with Crippen LogP contribution in [0.25, 0.3) is 0 Å². The van der Waals surface area contributed by atoms with E-state index < -0.39 is 0 Å². The van der Waals surface area contributed by atoms with E-state index in [9.17, 15) is 5.11 Å². The molecule has 1 fully saturated rings. The summed E-state index contributed by atoms with van der Waals surface area (Å²) in [7, 11) is 1.67. The molecule has 2 aromatic rings. The lowest BCUT2D eigenvalue weighted by molar-refractivity contribution is 0.0847. The number of aliphatic hydroxyl groups excluding tert-OH is 1. The number of aromatic nitrogens is 2. The van der Waals surface area contributed by atoms with E-state index in [1.54, 1.807) is 13.4 Å². The molecule has 26 heavy (non-hydrogen) atoms. The van der Waals surface area contributed by atoms with Gasteiger partial charge in [-0.25, -0.2) is 9.97 Å². The van der Waals surface area contributed by atoms with E-state index in [0.29, 0.717) is 0 Å². The Bertz CT molecular complexity index is 698. The van der Waals surface area contributed by atoms with Gasteiger partial charge in [0.1, 0.15) is 6.33 Å². The van der Waals surface area contributed by atoms with Crippen LogP contribution in [0.1, 0.15) is 36.9 Å². The van der Waals surface area contributed by atoms with E-state index in [1.807, 2.05) is 6.92 Å². The first-order chi connectivity index (χ1) is 12.7. The number of hydrogen-bond donors (Lipinski definition) is 1. The van der Waals surface area contributed by atoms with Gasteiger partial charge in [-0.3, -0.25) is 0 Å². The molecule has 0 bridgehead atoms. The maximum absolute atomic E-state index is 10.1. The standard InChI is InChI=1S/C21H29N3O2/c1-17-19(26-2)20(23-16-22-17)24-13-11-21(15-25,12-14-24)10-6-9-18-7-4-3-5-8-18/h3-5,7-8,16,25H,6,9-15H2,1-2H3. The molecular weight excluding hydrogens is 326 g/mol. The minimum Gasteiger partial charge on any atom is -0.491 e. The lowest BCUT2D eigenvalue weighted by atomic mass is 9.75. The number of aliphatic hydroxyl groups is 1. The van der Waals surface area contributed by atoms with Crippen LogP contribution in [0.3, 0.4) is 0 Å². The molecule has 0 atom stereocenters. The van der Waals surface area contributed by atoms with Gasteiger partial charge in [-0.05, 0) is 50.0 Å². The Balaban J connectivity index is 1.59. The van der Waals surface area contributed by atoms with Crippen LogP contribution in [0.15, 0.2) is 36.7 Å². The zero-order valence-corrected chi connectivity index (χ0v) is 15.8. The van der Waals surface area contributed by atoms with Gasteiger partial charge >= 0.3 is 0 Å². The molecule has 0 aliphatic carbocycles. The van der Waals surface area contributed by atoms with E-state index in [1.165, 1.54) is 5.56 Å². The maximum atomic E-state index is 10.1. The van der Waals surface area contributed by atoms with Gasteiger partial charge in [0.2, 0.25) is 0 Å². The van der Waals surface area contributed by atoms with Crippen LogP contribution in [-0.2, 0) is 6.42 Å². The molecule has 2 heterocycles. The summed E-state index contributed by atoms with van der Waals surface area (Å²) in [6, 6.07) is 10.6. The highest BCUT2D eigenvalue weighted by Gasteiger charge is 2.34. The second kappa shape index (κ2) is 8.49. The van der Waals surface area contributed by atoms with Gasteiger partial charge in [-0.2, -0.15) is 0 Å². The number of nitrogens with zero attached hydrogens (tertiary/aromatic N) is 3. The molecule has 1 aromatic heterocycles. The van der Waals surface area contributed by atoms with Crippen LogP contribution in [0.2, 0.25) is 0 Å². The lowest BCUT2D eigenvalue weighted by Crippen LogP contribution is -2.42.